The van der Waals surface area contributed by atoms with Gasteiger partial charge in [0.25, 0.3) is 0 Å². The van der Waals surface area contributed by atoms with Crippen LogP contribution in [0.25, 0.3) is 0 Å². The van der Waals surface area contributed by atoms with Crippen molar-refractivity contribution in [2.45, 2.75) is 108 Å². The summed E-state index contributed by atoms with van der Waals surface area (Å²) in [7, 11) is 4.59. The Morgan fingerprint density at radius 3 is 2.11 bits per heavy atom. The van der Waals surface area contributed by atoms with Gasteiger partial charge in [-0.15, -0.1) is 11.8 Å². The number of hydrogen-bond donors (Lipinski definition) is 3. The van der Waals surface area contributed by atoms with Gasteiger partial charge in [-0.3, -0.25) is 33.8 Å². The summed E-state index contributed by atoms with van der Waals surface area (Å²) in [4.78, 5) is 86.0. The van der Waals surface area contributed by atoms with E-state index in [4.69, 9.17) is 18.9 Å². The number of ether oxygens (including phenoxy) is 5. The topological polar surface area (TPSA) is 203 Å². The van der Waals surface area contributed by atoms with Gasteiger partial charge in [0.05, 0.1) is 76.0 Å². The third kappa shape index (κ3) is 15.6. The number of thioether (sulfide) groups is 1. The Hall–Kier alpha value is -4.45. The van der Waals surface area contributed by atoms with Gasteiger partial charge in [0.2, 0.25) is 64.4 Å². The lowest BCUT2D eigenvalue weighted by molar-refractivity contribution is -0.146. The lowest BCUT2D eigenvalue weighted by Gasteiger charge is -2.39. The second-order valence-electron chi connectivity index (χ2n) is 16.5. The number of likely N-dealkylation sites (tertiary alicyclic amines) is 1. The van der Waals surface area contributed by atoms with Gasteiger partial charge in [-0.2, -0.15) is 8.78 Å². The first-order chi connectivity index (χ1) is 31.2. The zero-order valence-corrected chi connectivity index (χ0v) is 39.5. The Morgan fingerprint density at radius 1 is 0.909 bits per heavy atom. The van der Waals surface area contributed by atoms with E-state index in [9.17, 15) is 50.7 Å². The summed E-state index contributed by atoms with van der Waals surface area (Å²) in [5.41, 5.74) is -1.45. The lowest BCUT2D eigenvalue weighted by Crippen LogP contribution is -2.57. The van der Waals surface area contributed by atoms with Crippen LogP contribution in [-0.2, 0) is 47.7 Å². The van der Waals surface area contributed by atoms with Crippen molar-refractivity contribution in [1.29, 1.82) is 0 Å². The van der Waals surface area contributed by atoms with Crippen LogP contribution in [-0.4, -0.2) is 160 Å². The number of amides is 5. The fraction of sp³-hybridized carbons (Fsp3) is 0.698. The number of carbonyl (C=O) groups excluding carboxylic acids is 6. The summed E-state index contributed by atoms with van der Waals surface area (Å²) < 4.78 is 93.7. The number of hydrogen-bond acceptors (Lipinski definition) is 13. The molecule has 5 amide bonds. The predicted octanol–water partition coefficient (Wildman–Crippen LogP) is 3.29. The van der Waals surface area contributed by atoms with Crippen LogP contribution in [0.3, 0.4) is 0 Å². The molecule has 7 atom stereocenters. The predicted molar refractivity (Wildman–Crippen MR) is 232 cm³/mol. The Kier molecular flexibility index (Phi) is 22.7. The zero-order valence-electron chi connectivity index (χ0n) is 38.6. The number of aliphatic imine (C=N–C) groups is 1. The van der Waals surface area contributed by atoms with Crippen molar-refractivity contribution in [3.05, 3.63) is 29.1 Å². The largest absolute Gasteiger partial charge is 0.420 e. The van der Waals surface area contributed by atoms with Crippen LogP contribution in [0, 0.1) is 40.9 Å². The molecule has 2 aliphatic rings. The van der Waals surface area contributed by atoms with Crippen molar-refractivity contribution < 1.29 is 74.4 Å². The van der Waals surface area contributed by atoms with Crippen molar-refractivity contribution in [1.82, 2.24) is 25.8 Å². The molecule has 0 spiro atoms. The smallest absolute Gasteiger partial charge is 0.313 e. The summed E-state index contributed by atoms with van der Waals surface area (Å²) in [6.07, 6.45) is 1.76. The van der Waals surface area contributed by atoms with Crippen molar-refractivity contribution in [2.24, 2.45) is 16.8 Å². The van der Waals surface area contributed by atoms with Crippen LogP contribution < -0.4 is 20.7 Å². The maximum atomic E-state index is 14.0. The summed E-state index contributed by atoms with van der Waals surface area (Å²) in [5, 5.41) is 8.10. The highest BCUT2D eigenvalue weighted by Gasteiger charge is 2.42. The number of methoxy groups -OCH3 is 2. The zero-order chi connectivity index (χ0) is 49.3. The average molecular weight is 967 g/mol. The molecule has 0 bridgehead atoms. The number of nitrogens with one attached hydrogen (secondary N) is 3. The van der Waals surface area contributed by atoms with Gasteiger partial charge in [0.15, 0.2) is 0 Å². The molecule has 1 saturated heterocycles. The molecule has 1 aromatic carbocycles. The van der Waals surface area contributed by atoms with Crippen LogP contribution in [0.4, 0.5) is 22.0 Å². The van der Waals surface area contributed by atoms with Crippen molar-refractivity contribution in [3.8, 4) is 5.75 Å². The highest BCUT2D eigenvalue weighted by molar-refractivity contribution is 8.00. The van der Waals surface area contributed by atoms with Gasteiger partial charge in [0, 0.05) is 52.7 Å². The Balaban J connectivity index is 1.44. The molecule has 2 heterocycles. The third-order valence-electron chi connectivity index (χ3n) is 11.5. The fourth-order valence-electron chi connectivity index (χ4n) is 7.59. The molecule has 3 N–H and O–H groups in total. The van der Waals surface area contributed by atoms with E-state index >= 15 is 0 Å². The molecule has 0 aromatic heterocycles. The highest BCUT2D eigenvalue weighted by atomic mass is 32.2. The van der Waals surface area contributed by atoms with E-state index in [-0.39, 0.29) is 68.4 Å². The molecule has 2 aliphatic heterocycles. The molecular formula is C43H63F5N6O11S. The van der Waals surface area contributed by atoms with E-state index in [0.29, 0.717) is 25.9 Å². The highest BCUT2D eigenvalue weighted by Crippen LogP contribution is 2.31. The van der Waals surface area contributed by atoms with Crippen molar-refractivity contribution in [3.63, 3.8) is 0 Å². The summed E-state index contributed by atoms with van der Waals surface area (Å²) in [5.74, 6) is -16.4. The van der Waals surface area contributed by atoms with Crippen LogP contribution in [0.1, 0.15) is 73.1 Å². The van der Waals surface area contributed by atoms with Gasteiger partial charge < -0.3 is 49.4 Å². The fourth-order valence-corrected chi connectivity index (χ4v) is 8.36. The van der Waals surface area contributed by atoms with E-state index in [1.54, 1.807) is 30.6 Å². The summed E-state index contributed by atoms with van der Waals surface area (Å²) in [6, 6.07) is -0.911. The Morgan fingerprint density at radius 2 is 1.53 bits per heavy atom. The van der Waals surface area contributed by atoms with Crippen LogP contribution in [0.15, 0.2) is 4.99 Å². The SMILES string of the molecule is CCC(C)C(C(CC(=O)N1CCCC1C(OC)C(C)C(=O)NCC1N=CCS1)OC)N(C)C(=O)CNC(=O)C(C)(C)NC(=O)CCOCCOCCC(=O)Oc1c(F)c(F)c(F)c(F)c1F. The number of esters is 1. The molecule has 372 valence electrons. The number of nitrogens with zero attached hydrogens (tertiary/aromatic N) is 3. The average Bonchev–Trinajstić information content (AvgIpc) is 4.01. The van der Waals surface area contributed by atoms with E-state index in [1.807, 2.05) is 20.1 Å². The molecule has 3 rings (SSSR count). The van der Waals surface area contributed by atoms with Crippen molar-refractivity contribution >= 4 is 53.5 Å². The maximum Gasteiger partial charge on any atom is 0.313 e. The molecule has 23 heteroatoms. The minimum absolute atomic E-state index is 0.0264. The van der Waals surface area contributed by atoms with E-state index < -0.39 is 101 Å². The standard InChI is InChI=1S/C43H63F5N6O11S/c1-9-24(2)38(27(61-7)21-30(56)54-15-10-11-26(54)39(62-8)25(3)41(59)50-22-29-49-14-20-66-29)53(6)31(57)23-51-42(60)43(4,5)52-28(55)12-16-63-18-19-64-17-13-32(58)65-40-36(47)34(45)33(44)35(46)37(40)48/h14,24-27,29,38-39H,9-13,15-23H2,1-8H3,(H,50,59)(H,51,60)(H,52,55). The Labute approximate surface area is 385 Å². The number of likely N-dealkylation sites (N-methyl/N-ethyl adjacent to an activating group) is 1. The third-order valence-corrected chi connectivity index (χ3v) is 12.5. The molecule has 0 saturated carbocycles. The van der Waals surface area contributed by atoms with Gasteiger partial charge in [-0.1, -0.05) is 27.2 Å². The van der Waals surface area contributed by atoms with E-state index in [0.717, 1.165) is 12.2 Å². The number of benzene rings is 1. The molecule has 1 fully saturated rings. The van der Waals surface area contributed by atoms with Crippen LogP contribution in [0.2, 0.25) is 0 Å². The number of rotatable bonds is 27. The van der Waals surface area contributed by atoms with Gasteiger partial charge in [-0.25, -0.2) is 13.2 Å². The monoisotopic (exact) mass is 966 g/mol. The minimum atomic E-state index is -2.39. The second-order valence-corrected chi connectivity index (χ2v) is 17.7. The Bertz CT molecular complexity index is 1850. The van der Waals surface area contributed by atoms with Crippen LogP contribution in [0.5, 0.6) is 5.75 Å². The van der Waals surface area contributed by atoms with Gasteiger partial charge in [-0.05, 0) is 32.6 Å². The summed E-state index contributed by atoms with van der Waals surface area (Å²) in [6.45, 7) is 8.43. The molecule has 66 heavy (non-hydrogen) atoms. The van der Waals surface area contributed by atoms with Crippen molar-refractivity contribution in [2.75, 3.05) is 73.1 Å². The van der Waals surface area contributed by atoms with E-state index in [2.05, 4.69) is 25.7 Å². The number of carbonyl (C=O) groups is 6. The quantitative estimate of drug-likeness (QED) is 0.0291. The molecule has 17 nitrogen and oxygen atoms in total. The summed E-state index contributed by atoms with van der Waals surface area (Å²) >= 11 is 1.64. The molecule has 0 radical (unpaired) electrons. The number of halogens is 5. The van der Waals surface area contributed by atoms with Crippen LogP contribution >= 0.6 is 11.8 Å². The molecular weight excluding hydrogens is 904 g/mol. The normalized spacial score (nSPS) is 18.3. The minimum Gasteiger partial charge on any atom is -0.420 e. The van der Waals surface area contributed by atoms with E-state index in [1.165, 1.54) is 33.0 Å². The molecule has 1 aromatic rings. The lowest BCUT2D eigenvalue weighted by atomic mass is 9.90. The van der Waals surface area contributed by atoms with Gasteiger partial charge in [0.1, 0.15) is 10.9 Å². The molecule has 7 unspecified atom stereocenters. The second kappa shape index (κ2) is 26.8. The molecule has 0 aliphatic carbocycles. The first kappa shape index (κ1) is 55.9. The van der Waals surface area contributed by atoms with Gasteiger partial charge >= 0.3 is 5.97 Å². The maximum absolute atomic E-state index is 14.0. The first-order valence-electron chi connectivity index (χ1n) is 21.7. The first-order valence-corrected chi connectivity index (χ1v) is 22.7.